The molecule has 1 aliphatic heterocycles. The van der Waals surface area contributed by atoms with Crippen LogP contribution in [0.3, 0.4) is 0 Å². The lowest BCUT2D eigenvalue weighted by molar-refractivity contribution is -0.374. The van der Waals surface area contributed by atoms with Crippen LogP contribution < -0.4 is 0 Å². The molecule has 1 N–H and O–H groups in total. The van der Waals surface area contributed by atoms with Crippen molar-refractivity contribution in [3.63, 3.8) is 0 Å². The minimum atomic E-state index is -0.413. The Bertz CT molecular complexity index is 105. The summed E-state index contributed by atoms with van der Waals surface area (Å²) in [6.07, 6.45) is 1.92. The largest absolute Gasteiger partial charge is 0.346 e. The quantitative estimate of drug-likeness (QED) is 0.451. The molecule has 2 unspecified atom stereocenters. The Morgan fingerprint density at radius 2 is 2.10 bits per heavy atom. The Hall–Kier alpha value is -0.120. The van der Waals surface area contributed by atoms with Crippen molar-refractivity contribution in [3.05, 3.63) is 0 Å². The van der Waals surface area contributed by atoms with E-state index in [0.717, 1.165) is 12.8 Å². The van der Waals surface area contributed by atoms with E-state index in [1.807, 2.05) is 13.8 Å². The van der Waals surface area contributed by atoms with Gasteiger partial charge in [0.25, 0.3) is 0 Å². The molecule has 1 aliphatic rings. The van der Waals surface area contributed by atoms with Crippen molar-refractivity contribution < 1.29 is 14.9 Å². The molecule has 0 aromatic heterocycles. The van der Waals surface area contributed by atoms with Crippen LogP contribution in [0.5, 0.6) is 0 Å². The predicted octanol–water partition coefficient (Wildman–Crippen LogP) is 1.64. The summed E-state index contributed by atoms with van der Waals surface area (Å²) in [6.45, 7) is 3.99. The summed E-state index contributed by atoms with van der Waals surface area (Å²) in [6, 6.07) is 0. The highest BCUT2D eigenvalue weighted by molar-refractivity contribution is 4.67. The van der Waals surface area contributed by atoms with Crippen LogP contribution in [-0.4, -0.2) is 17.7 Å². The third-order valence-corrected chi connectivity index (χ3v) is 1.96. The van der Waals surface area contributed by atoms with Gasteiger partial charge in [0.15, 0.2) is 6.29 Å². The van der Waals surface area contributed by atoms with Crippen molar-refractivity contribution in [2.24, 2.45) is 5.92 Å². The Morgan fingerprint density at radius 3 is 2.60 bits per heavy atom. The first kappa shape index (κ1) is 7.98. The van der Waals surface area contributed by atoms with Crippen LogP contribution in [0.1, 0.15) is 26.7 Å². The fourth-order valence-corrected chi connectivity index (χ4v) is 1.19. The van der Waals surface area contributed by atoms with E-state index in [-0.39, 0.29) is 6.10 Å². The molecule has 0 bridgehead atoms. The van der Waals surface area contributed by atoms with E-state index in [1.54, 1.807) is 0 Å². The van der Waals surface area contributed by atoms with Crippen molar-refractivity contribution in [3.8, 4) is 0 Å². The second-order valence-corrected chi connectivity index (χ2v) is 2.98. The van der Waals surface area contributed by atoms with Crippen LogP contribution in [-0.2, 0) is 9.62 Å². The topological polar surface area (TPSA) is 38.7 Å². The maximum Gasteiger partial charge on any atom is 0.193 e. The Kier molecular flexibility index (Phi) is 2.65. The molecule has 1 rings (SSSR count). The monoisotopic (exact) mass is 146 g/mol. The molecule has 1 saturated heterocycles. The van der Waals surface area contributed by atoms with Gasteiger partial charge in [0.2, 0.25) is 0 Å². The van der Waals surface area contributed by atoms with Gasteiger partial charge in [-0.05, 0) is 19.8 Å². The normalized spacial score (nSPS) is 41.7. The number of rotatable bonds is 1. The smallest absolute Gasteiger partial charge is 0.193 e. The maximum atomic E-state index is 8.35. The molecule has 1 fully saturated rings. The van der Waals surface area contributed by atoms with Gasteiger partial charge in [0.1, 0.15) is 0 Å². The zero-order chi connectivity index (χ0) is 7.56. The average molecular weight is 146 g/mol. The van der Waals surface area contributed by atoms with E-state index in [0.29, 0.717) is 5.92 Å². The van der Waals surface area contributed by atoms with E-state index in [4.69, 9.17) is 9.99 Å². The molecular weight excluding hydrogens is 132 g/mol. The number of hydrogen-bond donors (Lipinski definition) is 1. The molecule has 0 aliphatic carbocycles. The van der Waals surface area contributed by atoms with Crippen molar-refractivity contribution in [2.75, 3.05) is 0 Å². The molecule has 0 aromatic rings. The van der Waals surface area contributed by atoms with Crippen LogP contribution in [0.25, 0.3) is 0 Å². The molecule has 3 atom stereocenters. The second kappa shape index (κ2) is 3.32. The van der Waals surface area contributed by atoms with Gasteiger partial charge >= 0.3 is 0 Å². The first-order valence-electron chi connectivity index (χ1n) is 3.69. The highest BCUT2D eigenvalue weighted by atomic mass is 17.1. The zero-order valence-electron chi connectivity index (χ0n) is 6.41. The molecule has 3 heteroatoms. The van der Waals surface area contributed by atoms with Gasteiger partial charge in [-0.25, -0.2) is 10.1 Å². The van der Waals surface area contributed by atoms with Gasteiger partial charge in [0.05, 0.1) is 6.10 Å². The van der Waals surface area contributed by atoms with Crippen LogP contribution in [0.15, 0.2) is 0 Å². The van der Waals surface area contributed by atoms with Crippen LogP contribution in [0, 0.1) is 5.92 Å². The molecule has 1 heterocycles. The van der Waals surface area contributed by atoms with E-state index >= 15 is 0 Å². The average Bonchev–Trinajstić information content (AvgIpc) is 1.94. The third kappa shape index (κ3) is 1.68. The van der Waals surface area contributed by atoms with Gasteiger partial charge in [-0.15, -0.1) is 0 Å². The van der Waals surface area contributed by atoms with E-state index in [1.165, 1.54) is 0 Å². The summed E-state index contributed by atoms with van der Waals surface area (Å²) >= 11 is 0. The van der Waals surface area contributed by atoms with Gasteiger partial charge in [0, 0.05) is 5.92 Å². The summed E-state index contributed by atoms with van der Waals surface area (Å²) in [4.78, 5) is 4.15. The molecule has 0 radical (unpaired) electrons. The zero-order valence-corrected chi connectivity index (χ0v) is 6.41. The predicted molar refractivity (Wildman–Crippen MR) is 36.4 cm³/mol. The summed E-state index contributed by atoms with van der Waals surface area (Å²) in [5.41, 5.74) is 0. The first-order valence-corrected chi connectivity index (χ1v) is 3.69. The van der Waals surface area contributed by atoms with Crippen LogP contribution in [0.4, 0.5) is 0 Å². The lowest BCUT2D eigenvalue weighted by Gasteiger charge is -2.30. The van der Waals surface area contributed by atoms with Gasteiger partial charge in [-0.1, -0.05) is 6.92 Å². The first-order chi connectivity index (χ1) is 4.74. The minimum absolute atomic E-state index is 0.216. The molecule has 60 valence electrons. The Balaban J connectivity index is 2.38. The molecule has 3 nitrogen and oxygen atoms in total. The SMILES string of the molecule is CC1CC[C@H](C)C(OO)O1. The molecule has 0 amide bonds. The highest BCUT2D eigenvalue weighted by Gasteiger charge is 2.26. The third-order valence-electron chi connectivity index (χ3n) is 1.96. The standard InChI is InChI=1S/C7H14O3/c1-5-3-4-6(2)9-7(5)10-8/h5-8H,3-4H2,1-2H3/t5-,6?,7?/m0/s1. The molecular formula is C7H14O3. The minimum Gasteiger partial charge on any atom is -0.346 e. The van der Waals surface area contributed by atoms with Crippen molar-refractivity contribution >= 4 is 0 Å². The molecule has 0 saturated carbocycles. The van der Waals surface area contributed by atoms with Gasteiger partial charge in [-0.3, -0.25) is 0 Å². The fourth-order valence-electron chi connectivity index (χ4n) is 1.19. The summed E-state index contributed by atoms with van der Waals surface area (Å²) in [7, 11) is 0. The van der Waals surface area contributed by atoms with Crippen LogP contribution in [0.2, 0.25) is 0 Å². The Morgan fingerprint density at radius 1 is 1.40 bits per heavy atom. The van der Waals surface area contributed by atoms with E-state index in [2.05, 4.69) is 4.89 Å². The molecule has 0 spiro atoms. The second-order valence-electron chi connectivity index (χ2n) is 2.98. The lowest BCUT2D eigenvalue weighted by atomic mass is 10.00. The van der Waals surface area contributed by atoms with E-state index in [9.17, 15) is 0 Å². The lowest BCUT2D eigenvalue weighted by Crippen LogP contribution is -2.33. The van der Waals surface area contributed by atoms with Gasteiger partial charge < -0.3 is 4.74 Å². The van der Waals surface area contributed by atoms with Crippen molar-refractivity contribution in [1.82, 2.24) is 0 Å². The summed E-state index contributed by atoms with van der Waals surface area (Å²) < 4.78 is 5.28. The van der Waals surface area contributed by atoms with Crippen molar-refractivity contribution in [2.45, 2.75) is 39.1 Å². The van der Waals surface area contributed by atoms with Crippen LogP contribution >= 0.6 is 0 Å². The number of hydrogen-bond acceptors (Lipinski definition) is 3. The van der Waals surface area contributed by atoms with Gasteiger partial charge in [-0.2, -0.15) is 0 Å². The highest BCUT2D eigenvalue weighted by Crippen LogP contribution is 2.24. The summed E-state index contributed by atoms with van der Waals surface area (Å²) in [5.74, 6) is 0.307. The number of ether oxygens (including phenoxy) is 1. The molecule has 0 aromatic carbocycles. The fraction of sp³-hybridized carbons (Fsp3) is 1.00. The maximum absolute atomic E-state index is 8.35. The molecule has 10 heavy (non-hydrogen) atoms. The Labute approximate surface area is 60.9 Å². The van der Waals surface area contributed by atoms with E-state index < -0.39 is 6.29 Å². The van der Waals surface area contributed by atoms with Crippen molar-refractivity contribution in [1.29, 1.82) is 0 Å². The summed E-state index contributed by atoms with van der Waals surface area (Å²) in [5, 5.41) is 8.35.